The summed E-state index contributed by atoms with van der Waals surface area (Å²) in [6.45, 7) is 3.00. The molecule has 0 spiro atoms. The number of hydrogen-bond acceptors (Lipinski definition) is 12. The second kappa shape index (κ2) is 9.91. The van der Waals surface area contributed by atoms with Crippen LogP contribution in [0.4, 0.5) is 0 Å². The van der Waals surface area contributed by atoms with Crippen LogP contribution in [0, 0.1) is 28.6 Å². The van der Waals surface area contributed by atoms with E-state index in [2.05, 4.69) is 0 Å². The van der Waals surface area contributed by atoms with Crippen molar-refractivity contribution < 1.29 is 59.9 Å². The molecule has 12 heteroatoms. The van der Waals surface area contributed by atoms with Gasteiger partial charge in [0.1, 0.15) is 24.9 Å². The molecule has 4 aliphatic carbocycles. The van der Waals surface area contributed by atoms with Gasteiger partial charge in [0.25, 0.3) is 0 Å². The van der Waals surface area contributed by atoms with Crippen molar-refractivity contribution in [3.63, 3.8) is 0 Å². The van der Waals surface area contributed by atoms with Gasteiger partial charge in [-0.1, -0.05) is 6.92 Å². The molecule has 1 saturated heterocycles. The first-order valence-corrected chi connectivity index (χ1v) is 14.9. The Bertz CT molecular complexity index is 1080. The molecule has 0 aromatic heterocycles. The van der Waals surface area contributed by atoms with Crippen molar-refractivity contribution in [2.45, 2.75) is 119 Å². The molecule has 2 heterocycles. The number of cyclic esters (lactones) is 1. The maximum absolute atomic E-state index is 12.4. The van der Waals surface area contributed by atoms with Crippen LogP contribution >= 0.6 is 0 Å². The van der Waals surface area contributed by atoms with Gasteiger partial charge in [-0.05, 0) is 56.4 Å². The molecule has 0 aromatic carbocycles. The molecule has 8 N–H and O–H groups in total. The average Bonchev–Trinajstić information content (AvgIpc) is 3.45. The first-order valence-electron chi connectivity index (χ1n) is 14.9. The molecule has 0 radical (unpaired) electrons. The summed E-state index contributed by atoms with van der Waals surface area (Å²) in [6.07, 6.45) is -6.68. The Morgan fingerprint density at radius 1 is 1.02 bits per heavy atom. The van der Waals surface area contributed by atoms with Gasteiger partial charge in [0.15, 0.2) is 6.29 Å². The molecule has 41 heavy (non-hydrogen) atoms. The molecule has 5 fully saturated rings. The summed E-state index contributed by atoms with van der Waals surface area (Å²) in [6, 6.07) is 0. The summed E-state index contributed by atoms with van der Waals surface area (Å²) in [7, 11) is 0. The molecule has 4 saturated carbocycles. The highest BCUT2D eigenvalue weighted by molar-refractivity contribution is 5.85. The molecular weight excluding hydrogens is 540 g/mol. The maximum atomic E-state index is 12.4. The molecule has 12 nitrogen and oxygen atoms in total. The first-order chi connectivity index (χ1) is 19.2. The van der Waals surface area contributed by atoms with Crippen molar-refractivity contribution in [2.24, 2.45) is 28.6 Å². The highest BCUT2D eigenvalue weighted by Crippen LogP contribution is 2.70. The van der Waals surface area contributed by atoms with Gasteiger partial charge >= 0.3 is 5.97 Å². The van der Waals surface area contributed by atoms with Crippen molar-refractivity contribution in [3.05, 3.63) is 11.6 Å². The second-order valence-corrected chi connectivity index (χ2v) is 13.8. The van der Waals surface area contributed by atoms with E-state index in [4.69, 9.17) is 14.2 Å². The third-order valence-electron chi connectivity index (χ3n) is 12.2. The Labute approximate surface area is 238 Å². The highest BCUT2D eigenvalue weighted by atomic mass is 16.7. The van der Waals surface area contributed by atoms with Crippen molar-refractivity contribution in [1.29, 1.82) is 0 Å². The smallest absolute Gasteiger partial charge is 0.331 e. The number of esters is 1. The predicted molar refractivity (Wildman–Crippen MR) is 139 cm³/mol. The summed E-state index contributed by atoms with van der Waals surface area (Å²) in [5, 5.41) is 89.6. The number of carbonyl (C=O) groups is 1. The summed E-state index contributed by atoms with van der Waals surface area (Å²) in [5.74, 6) is -1.93. The Balaban J connectivity index is 1.28. The van der Waals surface area contributed by atoms with Crippen LogP contribution in [0.15, 0.2) is 11.6 Å². The van der Waals surface area contributed by atoms with Gasteiger partial charge in [0.05, 0.1) is 47.6 Å². The normalized spacial score (nSPS) is 56.9. The topological polar surface area (TPSA) is 207 Å². The lowest BCUT2D eigenvalue weighted by Crippen LogP contribution is -2.76. The van der Waals surface area contributed by atoms with Gasteiger partial charge in [0.2, 0.25) is 0 Å². The zero-order valence-corrected chi connectivity index (χ0v) is 23.5. The van der Waals surface area contributed by atoms with Crippen LogP contribution in [0.5, 0.6) is 0 Å². The Morgan fingerprint density at radius 2 is 1.76 bits per heavy atom. The van der Waals surface area contributed by atoms with Crippen LogP contribution in [-0.2, 0) is 19.0 Å². The summed E-state index contributed by atoms with van der Waals surface area (Å²) < 4.78 is 16.7. The third kappa shape index (κ3) is 3.99. The van der Waals surface area contributed by atoms with E-state index < -0.39 is 95.5 Å². The predicted octanol–water partition coefficient (Wildman–Crippen LogP) is -1.51. The van der Waals surface area contributed by atoms with E-state index in [9.17, 15) is 45.6 Å². The molecule has 15 atom stereocenters. The zero-order valence-electron chi connectivity index (χ0n) is 23.5. The van der Waals surface area contributed by atoms with Crippen LogP contribution in [0.1, 0.15) is 58.8 Å². The van der Waals surface area contributed by atoms with Crippen molar-refractivity contribution in [3.8, 4) is 0 Å². The lowest BCUT2D eigenvalue weighted by atomic mass is 9.40. The van der Waals surface area contributed by atoms with Gasteiger partial charge in [-0.2, -0.15) is 0 Å². The number of rotatable bonds is 4. The van der Waals surface area contributed by atoms with E-state index in [0.717, 1.165) is 5.57 Å². The first kappa shape index (κ1) is 29.9. The molecule has 0 unspecified atom stereocenters. The fraction of sp³-hybridized carbons (Fsp3) is 0.897. The van der Waals surface area contributed by atoms with Crippen LogP contribution in [0.2, 0.25) is 0 Å². The minimum Gasteiger partial charge on any atom is -0.458 e. The Morgan fingerprint density at radius 3 is 2.41 bits per heavy atom. The van der Waals surface area contributed by atoms with E-state index in [1.54, 1.807) is 0 Å². The van der Waals surface area contributed by atoms with E-state index in [-0.39, 0.29) is 38.2 Å². The lowest BCUT2D eigenvalue weighted by Gasteiger charge is -2.68. The molecule has 6 rings (SSSR count). The van der Waals surface area contributed by atoms with E-state index in [0.29, 0.717) is 19.3 Å². The second-order valence-electron chi connectivity index (χ2n) is 13.8. The molecule has 0 amide bonds. The fourth-order valence-corrected chi connectivity index (χ4v) is 10.1. The molecule has 0 bridgehead atoms. The molecule has 2 aliphatic heterocycles. The van der Waals surface area contributed by atoms with Gasteiger partial charge in [-0.3, -0.25) is 0 Å². The minimum absolute atomic E-state index is 0.0369. The molecular formula is C29H44O12. The highest BCUT2D eigenvalue weighted by Gasteiger charge is 2.75. The van der Waals surface area contributed by atoms with Crippen molar-refractivity contribution in [1.82, 2.24) is 0 Å². The number of ether oxygens (including phenoxy) is 3. The minimum atomic E-state index is -1.67. The maximum Gasteiger partial charge on any atom is 0.331 e. The van der Waals surface area contributed by atoms with Crippen LogP contribution in [0.25, 0.3) is 0 Å². The molecule has 0 aromatic rings. The largest absolute Gasteiger partial charge is 0.458 e. The van der Waals surface area contributed by atoms with Crippen molar-refractivity contribution in [2.75, 3.05) is 13.2 Å². The van der Waals surface area contributed by atoms with Gasteiger partial charge < -0.3 is 55.1 Å². The SMILES string of the molecule is C[C@@H]1O[C@@H](O[C@@H]2C[C@@H](O)[C@]3(CO)[C@H]4[C@H](O)C[C@]5(C)[C@H](C6=CC(=O)OC6)CC[C@]5(O)[C@@H]4CC[C@]3(O)C2)[C@H](O)[C@H](O)[C@H]1O. The summed E-state index contributed by atoms with van der Waals surface area (Å²) in [4.78, 5) is 11.8. The van der Waals surface area contributed by atoms with E-state index in [1.807, 2.05) is 6.92 Å². The zero-order chi connectivity index (χ0) is 29.7. The van der Waals surface area contributed by atoms with Crippen LogP contribution < -0.4 is 0 Å². The third-order valence-corrected chi connectivity index (χ3v) is 12.2. The summed E-state index contributed by atoms with van der Waals surface area (Å²) in [5.41, 5.74) is -4.46. The quantitative estimate of drug-likeness (QED) is 0.140. The van der Waals surface area contributed by atoms with Crippen LogP contribution in [-0.4, -0.2) is 120 Å². The number of fused-ring (bicyclic) bond motifs is 5. The number of hydrogen-bond donors (Lipinski definition) is 8. The number of aliphatic hydroxyl groups excluding tert-OH is 6. The number of aliphatic hydroxyl groups is 8. The molecule has 6 aliphatic rings. The lowest BCUT2D eigenvalue weighted by molar-refractivity contribution is -0.342. The van der Waals surface area contributed by atoms with E-state index >= 15 is 0 Å². The van der Waals surface area contributed by atoms with Crippen LogP contribution in [0.3, 0.4) is 0 Å². The van der Waals surface area contributed by atoms with Crippen molar-refractivity contribution >= 4 is 5.97 Å². The number of carbonyl (C=O) groups excluding carboxylic acids is 1. The van der Waals surface area contributed by atoms with E-state index in [1.165, 1.54) is 13.0 Å². The molecule has 232 valence electrons. The Kier molecular flexibility index (Phi) is 7.22. The van der Waals surface area contributed by atoms with Gasteiger partial charge in [0, 0.05) is 30.3 Å². The Hall–Kier alpha value is -1.19. The monoisotopic (exact) mass is 584 g/mol. The fourth-order valence-electron chi connectivity index (χ4n) is 10.1. The van der Waals surface area contributed by atoms with Gasteiger partial charge in [-0.15, -0.1) is 0 Å². The standard InChI is InChI=1S/C29H44O12/c1-13-22(34)23(35)24(36)25(40-13)41-15-8-19(32)28(12-30)21-17(3-5-27(28,37)9-15)29(38)6-4-16(14-7-20(33)39-11-14)26(29,2)10-18(21)31/h7,13,15-19,21-25,30-32,34-38H,3-6,8-12H2,1-2H3/t13-,15+,16-,17+,18+,19+,21+,22-,23+,24+,25-,26+,27-,28+,29-/m0/s1. The summed E-state index contributed by atoms with van der Waals surface area (Å²) >= 11 is 0. The average molecular weight is 585 g/mol. The van der Waals surface area contributed by atoms with Gasteiger partial charge in [-0.25, -0.2) is 4.79 Å².